The molecule has 11 heavy (non-hydrogen) atoms. The topological polar surface area (TPSA) is 55.1 Å². The van der Waals surface area contributed by atoms with Crippen LogP contribution in [0.5, 0.6) is 0 Å². The van der Waals surface area contributed by atoms with E-state index >= 15 is 0 Å². The second-order valence-electron chi connectivity index (χ2n) is 2.00. The minimum atomic E-state index is -1.90. The summed E-state index contributed by atoms with van der Waals surface area (Å²) < 4.78 is 20.6. The summed E-state index contributed by atoms with van der Waals surface area (Å²) in [4.78, 5) is 0.377. The molecule has 1 heterocycles. The fourth-order valence-corrected chi connectivity index (χ4v) is 1.29. The molecule has 1 unspecified atom stereocenters. The van der Waals surface area contributed by atoms with Crippen molar-refractivity contribution in [2.24, 2.45) is 7.05 Å². The Kier molecular flexibility index (Phi) is 4.50. The molecule has 0 saturated heterocycles. The Labute approximate surface area is 89.6 Å². The van der Waals surface area contributed by atoms with Crippen LogP contribution in [0.3, 0.4) is 0 Å². The normalized spacial score (nSPS) is 12.3. The monoisotopic (exact) mass is 184 g/mol. The summed E-state index contributed by atoms with van der Waals surface area (Å²) in [5.41, 5.74) is 0.600. The molecular formula is C5H9N2NaO2S. The van der Waals surface area contributed by atoms with Gasteiger partial charge in [-0.2, -0.15) is 5.10 Å². The molecule has 0 bridgehead atoms. The molecule has 6 heteroatoms. The number of aryl methyl sites for hydroxylation is 2. The molecule has 1 aromatic rings. The van der Waals surface area contributed by atoms with E-state index in [2.05, 4.69) is 5.10 Å². The molecule has 0 aliphatic rings. The van der Waals surface area contributed by atoms with Crippen molar-refractivity contribution in [3.63, 3.8) is 0 Å². The van der Waals surface area contributed by atoms with Crippen molar-refractivity contribution in [1.29, 1.82) is 0 Å². The van der Waals surface area contributed by atoms with E-state index < -0.39 is 11.1 Å². The Bertz CT molecular complexity index is 273. The average molecular weight is 184 g/mol. The van der Waals surface area contributed by atoms with Crippen LogP contribution in [-0.4, -0.2) is 48.1 Å². The maximum absolute atomic E-state index is 10.5. The molecule has 0 amide bonds. The molecule has 1 aromatic heterocycles. The molecular weight excluding hydrogens is 175 g/mol. The Morgan fingerprint density at radius 1 is 1.73 bits per heavy atom. The molecule has 1 rings (SSSR count). The van der Waals surface area contributed by atoms with Crippen LogP contribution in [0, 0.1) is 6.92 Å². The molecule has 4 nitrogen and oxygen atoms in total. The zero-order chi connectivity index (χ0) is 7.72. The van der Waals surface area contributed by atoms with Crippen molar-refractivity contribution in [3.8, 4) is 0 Å². The first-order chi connectivity index (χ1) is 4.61. The summed E-state index contributed by atoms with van der Waals surface area (Å²) >= 11 is -1.90. The van der Waals surface area contributed by atoms with Gasteiger partial charge in [0.15, 0.2) is 11.1 Å². The fraction of sp³-hybridized carbons (Fsp3) is 0.400. The third-order valence-corrected chi connectivity index (χ3v) is 1.93. The first-order valence-electron chi connectivity index (χ1n) is 2.72. The van der Waals surface area contributed by atoms with Crippen LogP contribution in [0.1, 0.15) is 5.69 Å². The van der Waals surface area contributed by atoms with Crippen molar-refractivity contribution in [2.75, 3.05) is 0 Å². The third-order valence-electron chi connectivity index (χ3n) is 1.16. The molecule has 1 N–H and O–H groups in total. The van der Waals surface area contributed by atoms with Gasteiger partial charge in [0.05, 0.1) is 5.69 Å². The van der Waals surface area contributed by atoms with Gasteiger partial charge in [0.25, 0.3) is 0 Å². The molecule has 0 aliphatic heterocycles. The molecule has 1 atom stereocenters. The van der Waals surface area contributed by atoms with Crippen molar-refractivity contribution in [1.82, 2.24) is 9.78 Å². The second kappa shape index (κ2) is 4.37. The van der Waals surface area contributed by atoms with Crippen LogP contribution in [0.25, 0.3) is 0 Å². The summed E-state index contributed by atoms with van der Waals surface area (Å²) in [5, 5.41) is 3.90. The molecule has 0 radical (unpaired) electrons. The molecule has 0 aromatic carbocycles. The van der Waals surface area contributed by atoms with Crippen LogP contribution in [0.15, 0.2) is 11.1 Å². The number of nitrogens with zero attached hydrogens (tertiary/aromatic N) is 2. The van der Waals surface area contributed by atoms with Crippen LogP contribution >= 0.6 is 0 Å². The van der Waals surface area contributed by atoms with Crippen LogP contribution in [-0.2, 0) is 18.1 Å². The van der Waals surface area contributed by atoms with E-state index in [0.29, 0.717) is 10.6 Å². The Morgan fingerprint density at radius 3 is 2.45 bits per heavy atom. The zero-order valence-corrected chi connectivity index (χ0v) is 6.55. The van der Waals surface area contributed by atoms with Gasteiger partial charge in [-0.05, 0) is 6.92 Å². The van der Waals surface area contributed by atoms with E-state index in [-0.39, 0.29) is 29.6 Å². The Morgan fingerprint density at radius 2 is 2.27 bits per heavy atom. The van der Waals surface area contributed by atoms with Gasteiger partial charge < -0.3 is 4.55 Å². The van der Waals surface area contributed by atoms with Gasteiger partial charge in [-0.25, -0.2) is 4.21 Å². The van der Waals surface area contributed by atoms with Crippen LogP contribution < -0.4 is 0 Å². The maximum atomic E-state index is 10.5. The average Bonchev–Trinajstić information content (AvgIpc) is 2.10. The van der Waals surface area contributed by atoms with Gasteiger partial charge in [-0.15, -0.1) is 0 Å². The molecule has 0 spiro atoms. The van der Waals surface area contributed by atoms with Gasteiger partial charge in [-0.3, -0.25) is 4.68 Å². The van der Waals surface area contributed by atoms with Gasteiger partial charge in [0.1, 0.15) is 4.90 Å². The van der Waals surface area contributed by atoms with Gasteiger partial charge in [-0.1, -0.05) is 0 Å². The molecule has 0 fully saturated rings. The molecule has 58 valence electrons. The van der Waals surface area contributed by atoms with Crippen molar-refractivity contribution in [2.45, 2.75) is 11.8 Å². The number of hydrogen-bond donors (Lipinski definition) is 1. The van der Waals surface area contributed by atoms with Crippen LogP contribution in [0.2, 0.25) is 0 Å². The summed E-state index contributed by atoms with van der Waals surface area (Å²) in [7, 11) is 1.71. The van der Waals surface area contributed by atoms with Gasteiger partial charge in [0.2, 0.25) is 0 Å². The first kappa shape index (κ1) is 11.3. The third kappa shape index (κ3) is 2.68. The van der Waals surface area contributed by atoms with Gasteiger partial charge in [0, 0.05) is 13.2 Å². The van der Waals surface area contributed by atoms with E-state index in [1.54, 1.807) is 14.0 Å². The van der Waals surface area contributed by atoms with Crippen molar-refractivity contribution < 1.29 is 8.76 Å². The fourth-order valence-electron chi connectivity index (χ4n) is 0.749. The number of rotatable bonds is 1. The SMILES string of the molecule is Cc1nn(C)cc1S(=O)O.[NaH]. The van der Waals surface area contributed by atoms with Crippen molar-refractivity contribution >= 4 is 40.6 Å². The van der Waals surface area contributed by atoms with E-state index in [4.69, 9.17) is 4.55 Å². The predicted molar refractivity (Wildman–Crippen MR) is 44.1 cm³/mol. The minimum absolute atomic E-state index is 0. The number of aromatic nitrogens is 2. The summed E-state index contributed by atoms with van der Waals surface area (Å²) in [6, 6.07) is 0. The second-order valence-corrected chi connectivity index (χ2v) is 2.94. The summed E-state index contributed by atoms with van der Waals surface area (Å²) in [5.74, 6) is 0. The quantitative estimate of drug-likeness (QED) is 0.480. The summed E-state index contributed by atoms with van der Waals surface area (Å²) in [6.07, 6.45) is 1.53. The molecule has 0 aliphatic carbocycles. The first-order valence-corrected chi connectivity index (χ1v) is 3.83. The zero-order valence-electron chi connectivity index (χ0n) is 5.74. The summed E-state index contributed by atoms with van der Waals surface area (Å²) in [6.45, 7) is 1.70. The van der Waals surface area contributed by atoms with Crippen LogP contribution in [0.4, 0.5) is 0 Å². The van der Waals surface area contributed by atoms with Crippen molar-refractivity contribution in [3.05, 3.63) is 11.9 Å². The van der Waals surface area contributed by atoms with E-state index in [1.165, 1.54) is 10.9 Å². The van der Waals surface area contributed by atoms with Gasteiger partial charge >= 0.3 is 29.6 Å². The standard InChI is InChI=1S/C5H8N2O2S.Na.H/c1-4-5(10(8)9)3-7(2)6-4;;/h3H,1-2H3,(H,8,9);;. The van der Waals surface area contributed by atoms with E-state index in [1.807, 2.05) is 0 Å². The molecule has 0 saturated carbocycles. The predicted octanol–water partition coefficient (Wildman–Crippen LogP) is -0.339. The van der Waals surface area contributed by atoms with E-state index in [9.17, 15) is 4.21 Å². The Hall–Kier alpha value is 0.320. The Balaban J connectivity index is 0.000001000. The van der Waals surface area contributed by atoms with E-state index in [0.717, 1.165) is 0 Å². The number of hydrogen-bond acceptors (Lipinski definition) is 2.